The summed E-state index contributed by atoms with van der Waals surface area (Å²) in [6.45, 7) is 5.99. The Morgan fingerprint density at radius 1 is 1.28 bits per heavy atom. The number of fused-ring (bicyclic) bond motifs is 4. The van der Waals surface area contributed by atoms with Crippen LogP contribution in [0.5, 0.6) is 5.75 Å². The Labute approximate surface area is 160 Å². The summed E-state index contributed by atoms with van der Waals surface area (Å²) >= 11 is 0. The number of halogens is 2. The third-order valence-corrected chi connectivity index (χ3v) is 5.60. The molecule has 4 heterocycles. The number of phenolic OH excluding ortho intramolecular Hbond substituents is 1. The lowest BCUT2D eigenvalue weighted by molar-refractivity contribution is -0.0444. The summed E-state index contributed by atoms with van der Waals surface area (Å²) in [6, 6.07) is 7.14. The molecule has 0 amide bonds. The second-order valence-corrected chi connectivity index (χ2v) is 6.79. The minimum atomic E-state index is -0.559. The van der Waals surface area contributed by atoms with E-state index < -0.39 is 6.10 Å². The van der Waals surface area contributed by atoms with Crippen molar-refractivity contribution in [2.24, 2.45) is 11.8 Å². The van der Waals surface area contributed by atoms with E-state index in [2.05, 4.69) is 22.5 Å². The molecular formula is C19H24Cl2N2O2. The molecule has 1 aromatic carbocycles. The van der Waals surface area contributed by atoms with E-state index >= 15 is 0 Å². The summed E-state index contributed by atoms with van der Waals surface area (Å²) in [6.07, 6.45) is 5.44. The highest BCUT2D eigenvalue weighted by Crippen LogP contribution is 2.42. The summed E-state index contributed by atoms with van der Waals surface area (Å²) in [4.78, 5) is 6.73. The van der Waals surface area contributed by atoms with Crippen LogP contribution in [0.1, 0.15) is 24.5 Å². The molecule has 3 aliphatic heterocycles. The third-order valence-electron chi connectivity index (χ3n) is 5.60. The normalized spacial score (nSPS) is 28.7. The number of phenols is 1. The quantitative estimate of drug-likeness (QED) is 0.794. The molecule has 1 aromatic heterocycles. The van der Waals surface area contributed by atoms with Gasteiger partial charge in [-0.25, -0.2) is 0 Å². The monoisotopic (exact) mass is 382 g/mol. The van der Waals surface area contributed by atoms with Gasteiger partial charge in [0.05, 0.1) is 11.6 Å². The second-order valence-electron chi connectivity index (χ2n) is 6.79. The Morgan fingerprint density at radius 3 is 2.76 bits per heavy atom. The average Bonchev–Trinajstić information content (AvgIpc) is 2.60. The van der Waals surface area contributed by atoms with Crippen molar-refractivity contribution in [1.29, 1.82) is 0 Å². The van der Waals surface area contributed by atoms with Crippen LogP contribution in [0.3, 0.4) is 0 Å². The number of aliphatic hydroxyl groups is 1. The molecule has 4 nitrogen and oxygen atoms in total. The first-order valence-electron chi connectivity index (χ1n) is 8.29. The van der Waals surface area contributed by atoms with E-state index in [1.165, 1.54) is 6.42 Å². The average molecular weight is 383 g/mol. The molecule has 1 unspecified atom stereocenters. The summed E-state index contributed by atoms with van der Waals surface area (Å²) in [5, 5.41) is 21.7. The Bertz CT molecular complexity index is 755. The molecule has 6 heteroatoms. The van der Waals surface area contributed by atoms with Crippen LogP contribution >= 0.6 is 24.8 Å². The molecule has 5 atom stereocenters. The van der Waals surface area contributed by atoms with E-state index in [1.54, 1.807) is 24.4 Å². The van der Waals surface area contributed by atoms with Crippen LogP contribution in [0.2, 0.25) is 0 Å². The summed E-state index contributed by atoms with van der Waals surface area (Å²) in [5.74, 6) is 1.38. The van der Waals surface area contributed by atoms with Gasteiger partial charge in [-0.05, 0) is 61.1 Å². The first-order chi connectivity index (χ1) is 11.2. The maximum absolute atomic E-state index is 11.0. The zero-order valence-electron chi connectivity index (χ0n) is 13.9. The minimum absolute atomic E-state index is 0. The second kappa shape index (κ2) is 7.92. The van der Waals surface area contributed by atoms with Crippen molar-refractivity contribution in [2.45, 2.75) is 25.0 Å². The molecule has 2 N–H and O–H groups in total. The van der Waals surface area contributed by atoms with Gasteiger partial charge in [0, 0.05) is 24.2 Å². The number of nitrogens with zero attached hydrogens (tertiary/aromatic N) is 2. The highest BCUT2D eigenvalue weighted by atomic mass is 35.5. The van der Waals surface area contributed by atoms with Crippen molar-refractivity contribution in [3.63, 3.8) is 0 Å². The highest BCUT2D eigenvalue weighted by Gasteiger charge is 2.42. The number of benzene rings is 1. The predicted molar refractivity (Wildman–Crippen MR) is 105 cm³/mol. The van der Waals surface area contributed by atoms with Crippen molar-refractivity contribution in [1.82, 2.24) is 9.88 Å². The van der Waals surface area contributed by atoms with Crippen LogP contribution in [-0.2, 0) is 0 Å². The molecule has 0 aliphatic carbocycles. The van der Waals surface area contributed by atoms with Crippen LogP contribution in [0.15, 0.2) is 43.1 Å². The fraction of sp³-hybridized carbons (Fsp3) is 0.421. The molecule has 0 saturated carbocycles. The first kappa shape index (κ1) is 20.0. The smallest absolute Gasteiger partial charge is 0.116 e. The van der Waals surface area contributed by atoms with Crippen LogP contribution in [0.25, 0.3) is 10.9 Å². The van der Waals surface area contributed by atoms with E-state index in [0.29, 0.717) is 11.8 Å². The lowest BCUT2D eigenvalue weighted by Crippen LogP contribution is -2.54. The van der Waals surface area contributed by atoms with Crippen molar-refractivity contribution in [3.8, 4) is 5.75 Å². The predicted octanol–water partition coefficient (Wildman–Crippen LogP) is 3.71. The number of rotatable bonds is 3. The molecule has 2 aromatic rings. The number of pyridine rings is 1. The molecule has 3 fully saturated rings. The maximum atomic E-state index is 11.0. The van der Waals surface area contributed by atoms with Crippen LogP contribution in [-0.4, -0.2) is 39.2 Å². The number of piperidine rings is 3. The van der Waals surface area contributed by atoms with Crippen LogP contribution in [0.4, 0.5) is 0 Å². The minimum Gasteiger partial charge on any atom is -0.508 e. The van der Waals surface area contributed by atoms with E-state index in [0.717, 1.165) is 36.0 Å². The van der Waals surface area contributed by atoms with Gasteiger partial charge in [0.15, 0.2) is 0 Å². The number of hydrogen-bond acceptors (Lipinski definition) is 4. The molecule has 136 valence electrons. The van der Waals surface area contributed by atoms with Gasteiger partial charge >= 0.3 is 0 Å². The highest BCUT2D eigenvalue weighted by molar-refractivity contribution is 5.85. The van der Waals surface area contributed by atoms with Gasteiger partial charge in [-0.15, -0.1) is 31.4 Å². The molecule has 3 saturated heterocycles. The number of aromatic hydroxyl groups is 1. The Balaban J connectivity index is 0.00000113. The molecule has 5 rings (SSSR count). The van der Waals surface area contributed by atoms with Gasteiger partial charge in [-0.1, -0.05) is 6.08 Å². The Hall–Kier alpha value is -1.33. The van der Waals surface area contributed by atoms with E-state index in [-0.39, 0.29) is 36.6 Å². The molecule has 25 heavy (non-hydrogen) atoms. The zero-order valence-corrected chi connectivity index (χ0v) is 15.5. The van der Waals surface area contributed by atoms with Gasteiger partial charge in [-0.3, -0.25) is 9.88 Å². The van der Waals surface area contributed by atoms with Gasteiger partial charge in [-0.2, -0.15) is 0 Å². The van der Waals surface area contributed by atoms with Crippen molar-refractivity contribution >= 4 is 35.7 Å². The van der Waals surface area contributed by atoms with Gasteiger partial charge in [0.1, 0.15) is 5.75 Å². The van der Waals surface area contributed by atoms with E-state index in [4.69, 9.17) is 0 Å². The van der Waals surface area contributed by atoms with Crippen molar-refractivity contribution in [2.75, 3.05) is 13.1 Å². The molecule has 0 radical (unpaired) electrons. The SMILES string of the molecule is C=C[C@H]1CN2CC[C@H]1C[C@@H]2[C@@H](O)c1ccnc2ccc(O)cc12.Cl.Cl. The molecule has 3 aliphatic rings. The fourth-order valence-electron chi connectivity index (χ4n) is 4.33. The lowest BCUT2D eigenvalue weighted by atomic mass is 9.73. The molecule has 0 spiro atoms. The third kappa shape index (κ3) is 3.49. The Morgan fingerprint density at radius 2 is 2.08 bits per heavy atom. The summed E-state index contributed by atoms with van der Waals surface area (Å²) in [5.41, 5.74) is 1.66. The summed E-state index contributed by atoms with van der Waals surface area (Å²) in [7, 11) is 0. The van der Waals surface area contributed by atoms with E-state index in [1.807, 2.05) is 6.07 Å². The van der Waals surface area contributed by atoms with Gasteiger partial charge in [0.25, 0.3) is 0 Å². The standard InChI is InChI=1S/C19H22N2O2.2ClH/c1-2-12-11-21-8-6-13(12)9-18(21)19(23)15-5-7-20-17-4-3-14(22)10-16(15)17;;/h2-5,7,10,12-13,18-19,22-23H,1,6,8-9,11H2;2*1H/t12-,13-,18+,19-;;/m0../s1. The molecular weight excluding hydrogens is 359 g/mol. The van der Waals surface area contributed by atoms with Gasteiger partial charge < -0.3 is 10.2 Å². The van der Waals surface area contributed by atoms with Crippen LogP contribution < -0.4 is 0 Å². The number of hydrogen-bond donors (Lipinski definition) is 2. The van der Waals surface area contributed by atoms with E-state index in [9.17, 15) is 10.2 Å². The zero-order chi connectivity index (χ0) is 16.0. The van der Waals surface area contributed by atoms with Crippen LogP contribution in [0, 0.1) is 11.8 Å². The number of aromatic nitrogens is 1. The number of aliphatic hydroxyl groups excluding tert-OH is 1. The fourth-order valence-corrected chi connectivity index (χ4v) is 4.33. The Kier molecular flexibility index (Phi) is 6.33. The van der Waals surface area contributed by atoms with Crippen molar-refractivity contribution < 1.29 is 10.2 Å². The van der Waals surface area contributed by atoms with Gasteiger partial charge in [0.2, 0.25) is 0 Å². The lowest BCUT2D eigenvalue weighted by Gasteiger charge is -2.50. The summed E-state index contributed by atoms with van der Waals surface area (Å²) < 4.78 is 0. The molecule has 2 bridgehead atoms. The maximum Gasteiger partial charge on any atom is 0.116 e. The topological polar surface area (TPSA) is 56.6 Å². The largest absolute Gasteiger partial charge is 0.508 e. The first-order valence-corrected chi connectivity index (χ1v) is 8.29. The van der Waals surface area contributed by atoms with Crippen molar-refractivity contribution in [3.05, 3.63) is 48.7 Å².